The number of nitrogens with zero attached hydrogens (tertiary/aromatic N) is 5. The van der Waals surface area contributed by atoms with Crippen molar-refractivity contribution in [1.29, 1.82) is 0 Å². The number of likely N-dealkylation sites (N-methyl/N-ethyl adjacent to an activating group) is 1. The highest BCUT2D eigenvalue weighted by Crippen LogP contribution is 2.60. The van der Waals surface area contributed by atoms with Gasteiger partial charge < -0.3 is 34.7 Å². The first-order chi connectivity index (χ1) is 26.9. The van der Waals surface area contributed by atoms with Gasteiger partial charge in [0.05, 0.1) is 48.3 Å². The van der Waals surface area contributed by atoms with E-state index in [-0.39, 0.29) is 42.4 Å². The molecule has 3 aliphatic heterocycles. The summed E-state index contributed by atoms with van der Waals surface area (Å²) in [6.07, 6.45) is 3.71. The molecule has 13 nitrogen and oxygen atoms in total. The monoisotopic (exact) mass is 782 g/mol. The van der Waals surface area contributed by atoms with Crippen LogP contribution in [0.5, 0.6) is 5.75 Å². The molecule has 1 spiro atoms. The predicted molar refractivity (Wildman–Crippen MR) is 216 cm³/mol. The Bertz CT molecular complexity index is 2040. The van der Waals surface area contributed by atoms with Crippen LogP contribution >= 0.6 is 0 Å². The Morgan fingerprint density at radius 1 is 1.05 bits per heavy atom. The largest absolute Gasteiger partial charge is 0.494 e. The molecule has 0 radical (unpaired) electrons. The van der Waals surface area contributed by atoms with Gasteiger partial charge in [-0.2, -0.15) is 0 Å². The second-order valence-electron chi connectivity index (χ2n) is 15.8. The van der Waals surface area contributed by atoms with Crippen molar-refractivity contribution in [3.63, 3.8) is 0 Å². The van der Waals surface area contributed by atoms with Gasteiger partial charge in [-0.15, -0.1) is 5.10 Å². The van der Waals surface area contributed by atoms with E-state index in [2.05, 4.69) is 15.6 Å². The molecule has 1 aromatic heterocycles. The van der Waals surface area contributed by atoms with Crippen LogP contribution in [0.3, 0.4) is 0 Å². The summed E-state index contributed by atoms with van der Waals surface area (Å²) >= 11 is 0. The summed E-state index contributed by atoms with van der Waals surface area (Å²) in [6, 6.07) is 20.7. The van der Waals surface area contributed by atoms with Gasteiger partial charge in [0.1, 0.15) is 5.75 Å². The number of hydrogen-bond donors (Lipinski definition) is 4. The van der Waals surface area contributed by atoms with E-state index >= 15 is 0 Å². The molecule has 0 saturated carbocycles. The van der Waals surface area contributed by atoms with Gasteiger partial charge in [-0.3, -0.25) is 19.2 Å². The van der Waals surface area contributed by atoms with Crippen molar-refractivity contribution in [1.82, 2.24) is 20.3 Å². The maximum atomic E-state index is 14.6. The van der Waals surface area contributed by atoms with Crippen molar-refractivity contribution in [2.45, 2.75) is 88.4 Å². The van der Waals surface area contributed by atoms with Crippen molar-refractivity contribution in [3.8, 4) is 5.75 Å². The molecule has 4 heterocycles. The van der Waals surface area contributed by atoms with Crippen molar-refractivity contribution < 1.29 is 34.1 Å². The molecule has 6 atom stereocenters. The van der Waals surface area contributed by atoms with Gasteiger partial charge in [-0.25, -0.2) is 0 Å². The molecule has 2 amide bonds. The normalized spacial score (nSPS) is 23.9. The number of anilines is 3. The molecule has 3 aliphatic rings. The Morgan fingerprint density at radius 3 is 2.54 bits per heavy atom. The highest BCUT2D eigenvalue weighted by Gasteiger charge is 2.65. The van der Waals surface area contributed by atoms with Crippen LogP contribution in [0.2, 0.25) is 18.6 Å². The molecule has 298 valence electrons. The number of aromatic nitrogens is 3. The summed E-state index contributed by atoms with van der Waals surface area (Å²) in [4.78, 5) is 44.1. The van der Waals surface area contributed by atoms with Gasteiger partial charge in [0, 0.05) is 49.1 Å². The highest BCUT2D eigenvalue weighted by atomic mass is 28.4. The Balaban J connectivity index is 1.22. The standard InChI is InChI=1S/C42H54N6O7Si/c1-6-54-31-15-17-36-29(22-31)23-34(43-19-10-11-21-49)40(51)48(36)30-14-16-37-33(24-30)42(41(52)46(37)3)27(2)39(56(4,5)53)38(55-42)18-20-47-25-35(44-45-47)32(26-50)28-12-8-7-9-13-28/h7-9,12-17,22,24-25,27,32,34,38-39,43,49-50,53H,6,10-11,18-21,23,26H2,1-5H3/t27-,32?,34?,38+,39-,42+/m1/s1. The molecule has 4 N–H and O–H groups in total. The fourth-order valence-corrected chi connectivity index (χ4v) is 11.8. The number of ether oxygens (including phenoxy) is 2. The van der Waals surface area contributed by atoms with Gasteiger partial charge in [-0.1, -0.05) is 42.5 Å². The van der Waals surface area contributed by atoms with Crippen LogP contribution in [0.4, 0.5) is 17.1 Å². The maximum absolute atomic E-state index is 14.6. The molecule has 56 heavy (non-hydrogen) atoms. The lowest BCUT2D eigenvalue weighted by atomic mass is 9.82. The number of hydrogen-bond acceptors (Lipinski definition) is 10. The average molecular weight is 783 g/mol. The lowest BCUT2D eigenvalue weighted by Crippen LogP contribution is -2.49. The predicted octanol–water partition coefficient (Wildman–Crippen LogP) is 4.62. The van der Waals surface area contributed by atoms with E-state index in [0.717, 1.165) is 29.0 Å². The lowest BCUT2D eigenvalue weighted by Gasteiger charge is -2.36. The second kappa shape index (κ2) is 16.2. The summed E-state index contributed by atoms with van der Waals surface area (Å²) < 4.78 is 14.6. The number of amides is 2. The third-order valence-corrected chi connectivity index (χ3v) is 14.3. The molecule has 0 bridgehead atoms. The molecular weight excluding hydrogens is 729 g/mol. The van der Waals surface area contributed by atoms with Crippen LogP contribution in [0.15, 0.2) is 72.9 Å². The first-order valence-electron chi connectivity index (χ1n) is 19.8. The van der Waals surface area contributed by atoms with Crippen LogP contribution in [0.1, 0.15) is 61.4 Å². The van der Waals surface area contributed by atoms with E-state index in [4.69, 9.17) is 9.47 Å². The first kappa shape index (κ1) is 39.8. The number of carbonyl (C=O) groups excluding carboxylic acids is 2. The van der Waals surface area contributed by atoms with E-state index in [9.17, 15) is 24.6 Å². The number of benzene rings is 3. The number of rotatable bonds is 15. The molecule has 14 heteroatoms. The number of aryl methyl sites for hydroxylation is 1. The first-order valence-corrected chi connectivity index (χ1v) is 22.8. The summed E-state index contributed by atoms with van der Waals surface area (Å²) in [5, 5.41) is 31.7. The quantitative estimate of drug-likeness (QED) is 0.0990. The Morgan fingerprint density at radius 2 is 1.82 bits per heavy atom. The van der Waals surface area contributed by atoms with Crippen LogP contribution in [0.25, 0.3) is 0 Å². The zero-order valence-corrected chi connectivity index (χ0v) is 33.9. The van der Waals surface area contributed by atoms with Gasteiger partial charge in [0.2, 0.25) is 5.91 Å². The molecule has 2 unspecified atom stereocenters. The van der Waals surface area contributed by atoms with E-state index in [0.29, 0.717) is 61.6 Å². The average Bonchev–Trinajstić information content (AvgIpc) is 3.83. The van der Waals surface area contributed by atoms with Gasteiger partial charge in [-0.05, 0) is 99.8 Å². The fraction of sp³-hybridized carbons (Fsp3) is 0.476. The molecule has 0 aliphatic carbocycles. The van der Waals surface area contributed by atoms with Crippen LogP contribution < -0.4 is 19.9 Å². The van der Waals surface area contributed by atoms with Gasteiger partial charge in [0.15, 0.2) is 13.9 Å². The molecule has 1 saturated heterocycles. The van der Waals surface area contributed by atoms with Crippen LogP contribution in [-0.2, 0) is 32.9 Å². The summed E-state index contributed by atoms with van der Waals surface area (Å²) in [5.74, 6) is -0.275. The third-order valence-electron chi connectivity index (χ3n) is 11.8. The molecule has 4 aromatic rings. The van der Waals surface area contributed by atoms with Crippen molar-refractivity contribution in [2.75, 3.05) is 43.2 Å². The van der Waals surface area contributed by atoms with Gasteiger partial charge >= 0.3 is 0 Å². The van der Waals surface area contributed by atoms with E-state index < -0.39 is 26.1 Å². The minimum Gasteiger partial charge on any atom is -0.494 e. The topological polar surface area (TPSA) is 163 Å². The van der Waals surface area contributed by atoms with E-state index in [1.165, 1.54) is 0 Å². The molecule has 1 fully saturated rings. The molecule has 7 rings (SSSR count). The summed E-state index contributed by atoms with van der Waals surface area (Å²) in [5.41, 5.74) is 3.63. The Hall–Kier alpha value is -4.44. The van der Waals surface area contributed by atoms with Crippen molar-refractivity contribution in [3.05, 3.63) is 95.3 Å². The number of carbonyl (C=O) groups is 2. The highest BCUT2D eigenvalue weighted by molar-refractivity contribution is 6.71. The third kappa shape index (κ3) is 7.18. The van der Waals surface area contributed by atoms with Crippen molar-refractivity contribution in [2.24, 2.45) is 5.92 Å². The summed E-state index contributed by atoms with van der Waals surface area (Å²) in [6.45, 7) is 9.26. The minimum absolute atomic E-state index is 0.0936. The van der Waals surface area contributed by atoms with Crippen molar-refractivity contribution >= 4 is 37.2 Å². The maximum Gasteiger partial charge on any atom is 0.264 e. The lowest BCUT2D eigenvalue weighted by molar-refractivity contribution is -0.145. The number of nitrogens with one attached hydrogen (secondary N) is 1. The van der Waals surface area contributed by atoms with E-state index in [1.807, 2.05) is 99.9 Å². The Kier molecular flexibility index (Phi) is 11.5. The summed E-state index contributed by atoms with van der Waals surface area (Å²) in [7, 11) is -1.19. The molecular formula is C42H54N6O7Si. The van der Waals surface area contributed by atoms with Crippen LogP contribution in [0, 0.1) is 5.92 Å². The van der Waals surface area contributed by atoms with Crippen LogP contribution in [-0.4, -0.2) is 95.7 Å². The number of unbranched alkanes of at least 4 members (excludes halogenated alkanes) is 1. The number of aliphatic hydroxyl groups is 2. The molecule has 3 aromatic carbocycles. The van der Waals surface area contributed by atoms with Gasteiger partial charge in [0.25, 0.3) is 5.91 Å². The fourth-order valence-electron chi connectivity index (χ4n) is 9.20. The second-order valence-corrected chi connectivity index (χ2v) is 19.8. The zero-order chi connectivity index (χ0) is 39.8. The minimum atomic E-state index is -2.94. The SMILES string of the molecule is CCOc1ccc2c(c1)CC(NCCCCO)C(=O)N2c1ccc2c(c1)[C@]1(O[C@@H](CCn3cc(C(CO)c4ccccc4)nn3)[C@H]([Si](C)(C)O)[C@H]1C)C(=O)N2C. The smallest absolute Gasteiger partial charge is 0.264 e. The number of fused-ring (bicyclic) bond motifs is 3. The zero-order valence-electron chi connectivity index (χ0n) is 32.9. The Labute approximate surface area is 329 Å². The van der Waals surface area contributed by atoms with E-state index in [1.54, 1.807) is 21.5 Å². The number of aliphatic hydroxyl groups excluding tert-OH is 2.